The first-order chi connectivity index (χ1) is 7.77. The summed E-state index contributed by atoms with van der Waals surface area (Å²) in [5.41, 5.74) is 11.6. The van der Waals surface area contributed by atoms with E-state index in [1.54, 1.807) is 6.20 Å². The van der Waals surface area contributed by atoms with Crippen molar-refractivity contribution < 1.29 is 4.74 Å². The van der Waals surface area contributed by atoms with E-state index in [0.717, 1.165) is 18.6 Å². The third-order valence-electron chi connectivity index (χ3n) is 2.29. The number of anilines is 2. The number of rotatable bonds is 0. The zero-order valence-electron chi connectivity index (χ0n) is 8.94. The topological polar surface area (TPSA) is 103 Å². The first-order valence-corrected chi connectivity index (χ1v) is 5.21. The molecule has 1 fully saturated rings. The van der Waals surface area contributed by atoms with E-state index in [0.29, 0.717) is 11.5 Å². The molecule has 3 rings (SSSR count). The van der Waals surface area contributed by atoms with Gasteiger partial charge in [0.25, 0.3) is 0 Å². The molecule has 2 aromatic rings. The number of aromatic amines is 1. The minimum Gasteiger partial charge on any atom is -0.383 e. The summed E-state index contributed by atoms with van der Waals surface area (Å²) in [5, 5.41) is 0.805. The van der Waals surface area contributed by atoms with Gasteiger partial charge in [-0.3, -0.25) is 0 Å². The molecule has 1 aliphatic rings. The van der Waals surface area contributed by atoms with Gasteiger partial charge >= 0.3 is 0 Å². The molecule has 0 atom stereocenters. The summed E-state index contributed by atoms with van der Waals surface area (Å²) in [4.78, 5) is 10.6. The van der Waals surface area contributed by atoms with Crippen LogP contribution in [0.25, 0.3) is 11.0 Å². The molecule has 0 saturated carbocycles. The number of nitrogens with zero attached hydrogens (tertiary/aromatic N) is 2. The average molecular weight is 221 g/mol. The van der Waals surface area contributed by atoms with Crippen LogP contribution in [0.4, 0.5) is 11.8 Å². The van der Waals surface area contributed by atoms with Crippen LogP contribution in [-0.2, 0) is 4.74 Å². The van der Waals surface area contributed by atoms with E-state index < -0.39 is 0 Å². The van der Waals surface area contributed by atoms with Crippen LogP contribution < -0.4 is 11.5 Å². The molecule has 5 N–H and O–H groups in total. The van der Waals surface area contributed by atoms with E-state index in [1.807, 2.05) is 6.07 Å². The Hall–Kier alpha value is -1.82. The van der Waals surface area contributed by atoms with Gasteiger partial charge in [0.2, 0.25) is 5.95 Å². The molecule has 6 heteroatoms. The highest BCUT2D eigenvalue weighted by molar-refractivity contribution is 5.86. The molecular weight excluding hydrogens is 206 g/mol. The Balaban J connectivity index is 0.000000162. The Labute approximate surface area is 93.0 Å². The number of hydrogen-bond acceptors (Lipinski definition) is 5. The molecule has 0 radical (unpaired) electrons. The lowest BCUT2D eigenvalue weighted by atomic mass is 10.4. The molecule has 0 aliphatic carbocycles. The number of hydrogen-bond donors (Lipinski definition) is 3. The molecular formula is C10H15N5O. The van der Waals surface area contributed by atoms with E-state index >= 15 is 0 Å². The first kappa shape index (κ1) is 10.7. The Morgan fingerprint density at radius 3 is 2.56 bits per heavy atom. The van der Waals surface area contributed by atoms with Gasteiger partial charge in [-0.2, -0.15) is 9.97 Å². The Kier molecular flexibility index (Phi) is 3.21. The van der Waals surface area contributed by atoms with E-state index in [9.17, 15) is 0 Å². The van der Waals surface area contributed by atoms with Gasteiger partial charge in [0.15, 0.2) is 0 Å². The second kappa shape index (κ2) is 4.80. The van der Waals surface area contributed by atoms with Crippen LogP contribution in [0.1, 0.15) is 12.8 Å². The van der Waals surface area contributed by atoms with Gasteiger partial charge < -0.3 is 21.2 Å². The maximum atomic E-state index is 5.55. The average Bonchev–Trinajstić information content (AvgIpc) is 2.90. The highest BCUT2D eigenvalue weighted by atomic mass is 16.5. The number of aromatic nitrogens is 3. The summed E-state index contributed by atoms with van der Waals surface area (Å²) < 4.78 is 4.94. The van der Waals surface area contributed by atoms with Crippen molar-refractivity contribution in [3.05, 3.63) is 12.3 Å². The number of ether oxygens (including phenoxy) is 1. The number of nitrogen functional groups attached to an aromatic ring is 2. The quantitative estimate of drug-likeness (QED) is 0.613. The predicted octanol–water partition coefficient (Wildman–Crippen LogP) is 0.919. The molecule has 0 unspecified atom stereocenters. The molecule has 1 saturated heterocycles. The van der Waals surface area contributed by atoms with Crippen molar-refractivity contribution in [1.82, 2.24) is 15.0 Å². The molecule has 0 bridgehead atoms. The maximum Gasteiger partial charge on any atom is 0.223 e. The summed E-state index contributed by atoms with van der Waals surface area (Å²) in [6.45, 7) is 2.00. The normalized spacial score (nSPS) is 14.8. The third-order valence-corrected chi connectivity index (χ3v) is 2.29. The lowest BCUT2D eigenvalue weighted by molar-refractivity contribution is 0.198. The number of fused-ring (bicyclic) bond motifs is 1. The molecule has 0 amide bonds. The van der Waals surface area contributed by atoms with Crippen LogP contribution in [0.3, 0.4) is 0 Å². The van der Waals surface area contributed by atoms with Crippen molar-refractivity contribution in [3.8, 4) is 0 Å². The van der Waals surface area contributed by atoms with Crippen molar-refractivity contribution in [2.75, 3.05) is 24.7 Å². The Morgan fingerprint density at radius 1 is 1.19 bits per heavy atom. The lowest BCUT2D eigenvalue weighted by Crippen LogP contribution is -1.99. The fraction of sp³-hybridized carbons (Fsp3) is 0.400. The summed E-state index contributed by atoms with van der Waals surface area (Å²) in [6, 6.07) is 1.81. The second-order valence-electron chi connectivity index (χ2n) is 3.53. The molecule has 3 heterocycles. The van der Waals surface area contributed by atoms with Gasteiger partial charge in [-0.1, -0.05) is 0 Å². The van der Waals surface area contributed by atoms with Crippen molar-refractivity contribution in [2.24, 2.45) is 0 Å². The minimum atomic E-state index is 0.192. The van der Waals surface area contributed by atoms with Crippen molar-refractivity contribution in [2.45, 2.75) is 12.8 Å². The van der Waals surface area contributed by atoms with Crippen LogP contribution in [-0.4, -0.2) is 28.2 Å². The Morgan fingerprint density at radius 2 is 1.94 bits per heavy atom. The predicted molar refractivity (Wildman–Crippen MR) is 62.8 cm³/mol. The highest BCUT2D eigenvalue weighted by Crippen LogP contribution is 2.15. The van der Waals surface area contributed by atoms with Gasteiger partial charge in [-0.05, 0) is 18.9 Å². The fourth-order valence-electron chi connectivity index (χ4n) is 1.49. The summed E-state index contributed by atoms with van der Waals surface area (Å²) in [5.74, 6) is 0.603. The van der Waals surface area contributed by atoms with Crippen LogP contribution in [0, 0.1) is 0 Å². The summed E-state index contributed by atoms with van der Waals surface area (Å²) in [7, 11) is 0. The SMILES string of the molecule is C1CCOC1.Nc1nc(N)c2cc[nH]c2n1. The van der Waals surface area contributed by atoms with E-state index in [1.165, 1.54) is 12.8 Å². The number of H-pyrrole nitrogens is 1. The summed E-state index contributed by atoms with van der Waals surface area (Å²) >= 11 is 0. The largest absolute Gasteiger partial charge is 0.383 e. The molecule has 2 aromatic heterocycles. The minimum absolute atomic E-state index is 0.192. The molecule has 0 spiro atoms. The van der Waals surface area contributed by atoms with Gasteiger partial charge in [-0.15, -0.1) is 0 Å². The van der Waals surface area contributed by atoms with Gasteiger partial charge in [0.1, 0.15) is 11.5 Å². The van der Waals surface area contributed by atoms with Crippen molar-refractivity contribution in [3.63, 3.8) is 0 Å². The zero-order valence-corrected chi connectivity index (χ0v) is 8.94. The third kappa shape index (κ3) is 2.40. The summed E-state index contributed by atoms with van der Waals surface area (Å²) in [6.07, 6.45) is 4.30. The zero-order chi connectivity index (χ0) is 11.4. The molecule has 6 nitrogen and oxygen atoms in total. The fourth-order valence-corrected chi connectivity index (χ4v) is 1.49. The van der Waals surface area contributed by atoms with E-state index in [4.69, 9.17) is 16.2 Å². The van der Waals surface area contributed by atoms with Crippen LogP contribution >= 0.6 is 0 Å². The van der Waals surface area contributed by atoms with Crippen molar-refractivity contribution in [1.29, 1.82) is 0 Å². The van der Waals surface area contributed by atoms with Gasteiger partial charge in [0, 0.05) is 19.4 Å². The van der Waals surface area contributed by atoms with Crippen molar-refractivity contribution >= 4 is 22.8 Å². The number of nitrogens with two attached hydrogens (primary N) is 2. The maximum absolute atomic E-state index is 5.55. The Bertz CT molecular complexity index is 456. The first-order valence-electron chi connectivity index (χ1n) is 5.21. The van der Waals surface area contributed by atoms with Crippen LogP contribution in [0.5, 0.6) is 0 Å². The molecule has 16 heavy (non-hydrogen) atoms. The van der Waals surface area contributed by atoms with E-state index in [2.05, 4.69) is 15.0 Å². The number of nitrogens with one attached hydrogen (secondary N) is 1. The van der Waals surface area contributed by atoms with Crippen LogP contribution in [0.15, 0.2) is 12.3 Å². The standard InChI is InChI=1S/C6H7N5.C4H8O/c7-4-3-1-2-9-5(3)11-6(8)10-4;1-2-4-5-3-1/h1-2H,(H5,7,8,9,10,11);1-4H2. The molecule has 86 valence electrons. The highest BCUT2D eigenvalue weighted by Gasteiger charge is 2.01. The molecule has 1 aliphatic heterocycles. The lowest BCUT2D eigenvalue weighted by Gasteiger charge is -1.95. The second-order valence-corrected chi connectivity index (χ2v) is 3.53. The van der Waals surface area contributed by atoms with Gasteiger partial charge in [0.05, 0.1) is 5.39 Å². The smallest absolute Gasteiger partial charge is 0.223 e. The molecule has 0 aromatic carbocycles. The monoisotopic (exact) mass is 221 g/mol. The van der Waals surface area contributed by atoms with E-state index in [-0.39, 0.29) is 5.95 Å². The van der Waals surface area contributed by atoms with Crippen LogP contribution in [0.2, 0.25) is 0 Å². The van der Waals surface area contributed by atoms with Gasteiger partial charge in [-0.25, -0.2) is 0 Å².